The van der Waals surface area contributed by atoms with Gasteiger partial charge in [-0.25, -0.2) is 0 Å². The number of nitrogens with one attached hydrogen (secondary N) is 1. The van der Waals surface area contributed by atoms with Crippen molar-refractivity contribution in [3.8, 4) is 0 Å². The molecule has 4 aliphatic rings. The number of nitrogens with zero attached hydrogens (tertiary/aromatic N) is 1. The van der Waals surface area contributed by atoms with Crippen LogP contribution in [0.3, 0.4) is 0 Å². The summed E-state index contributed by atoms with van der Waals surface area (Å²) in [6.07, 6.45) is 11.2. The van der Waals surface area contributed by atoms with Crippen molar-refractivity contribution >= 4 is 5.91 Å². The van der Waals surface area contributed by atoms with Gasteiger partial charge in [-0.15, -0.1) is 0 Å². The maximum absolute atomic E-state index is 12.3. The quantitative estimate of drug-likeness (QED) is 0.812. The summed E-state index contributed by atoms with van der Waals surface area (Å²) in [6.45, 7) is 0.592. The number of rotatable bonds is 2. The number of carbonyl (C=O) groups is 1. The first-order valence-electron chi connectivity index (χ1n) is 7.87. The number of amides is 1. The van der Waals surface area contributed by atoms with Crippen LogP contribution in [0.25, 0.3) is 0 Å². The molecular formula is C15H24N2O. The first kappa shape index (κ1) is 11.3. The lowest BCUT2D eigenvalue weighted by atomic mass is 9.92. The van der Waals surface area contributed by atoms with E-state index in [0.29, 0.717) is 24.7 Å². The summed E-state index contributed by atoms with van der Waals surface area (Å²) in [5, 5.41) is 3.51. The zero-order chi connectivity index (χ0) is 12.1. The standard InChI is InChI=1S/C15H24N2O/c18-14-9-16-15(11-3-1-2-4-11)17(14)13-8-10-5-6-12(13)7-10/h10-13,15-16H,1-9H2. The van der Waals surface area contributed by atoms with Gasteiger partial charge in [0.05, 0.1) is 12.7 Å². The van der Waals surface area contributed by atoms with E-state index >= 15 is 0 Å². The second-order valence-corrected chi connectivity index (χ2v) is 6.91. The van der Waals surface area contributed by atoms with E-state index in [1.165, 1.54) is 51.4 Å². The normalized spacial score (nSPS) is 44.4. The van der Waals surface area contributed by atoms with Crippen LogP contribution in [0.15, 0.2) is 0 Å². The molecule has 1 amide bonds. The van der Waals surface area contributed by atoms with E-state index < -0.39 is 0 Å². The molecule has 4 rings (SSSR count). The Morgan fingerprint density at radius 2 is 1.83 bits per heavy atom. The highest BCUT2D eigenvalue weighted by Crippen LogP contribution is 2.48. The second kappa shape index (κ2) is 4.22. The zero-order valence-electron chi connectivity index (χ0n) is 11.1. The van der Waals surface area contributed by atoms with Crippen LogP contribution in [-0.2, 0) is 4.79 Å². The summed E-state index contributed by atoms with van der Waals surface area (Å²) >= 11 is 0. The molecule has 3 aliphatic carbocycles. The van der Waals surface area contributed by atoms with Crippen LogP contribution >= 0.6 is 0 Å². The summed E-state index contributed by atoms with van der Waals surface area (Å²) in [5.41, 5.74) is 0. The molecule has 100 valence electrons. The summed E-state index contributed by atoms with van der Waals surface area (Å²) < 4.78 is 0. The molecule has 3 nitrogen and oxygen atoms in total. The molecule has 18 heavy (non-hydrogen) atoms. The first-order valence-corrected chi connectivity index (χ1v) is 7.87. The minimum atomic E-state index is 0.379. The summed E-state index contributed by atoms with van der Waals surface area (Å²) in [6, 6.07) is 0.580. The Bertz CT molecular complexity index is 350. The van der Waals surface area contributed by atoms with E-state index in [1.807, 2.05) is 0 Å². The molecule has 1 N–H and O–H groups in total. The predicted molar refractivity (Wildman–Crippen MR) is 69.8 cm³/mol. The third-order valence-electron chi connectivity index (χ3n) is 5.95. The van der Waals surface area contributed by atoms with Gasteiger partial charge in [0.1, 0.15) is 0 Å². The molecule has 0 aromatic rings. The highest BCUT2D eigenvalue weighted by Gasteiger charge is 2.49. The molecular weight excluding hydrogens is 224 g/mol. The van der Waals surface area contributed by atoms with Crippen molar-refractivity contribution in [2.75, 3.05) is 6.54 Å². The molecule has 0 aromatic carbocycles. The van der Waals surface area contributed by atoms with Crippen LogP contribution in [0.2, 0.25) is 0 Å². The van der Waals surface area contributed by atoms with Crippen LogP contribution < -0.4 is 5.32 Å². The average molecular weight is 248 g/mol. The molecule has 4 atom stereocenters. The Kier molecular flexibility index (Phi) is 2.65. The first-order chi connectivity index (χ1) is 8.83. The molecule has 2 bridgehead atoms. The van der Waals surface area contributed by atoms with Crippen LogP contribution in [-0.4, -0.2) is 29.6 Å². The number of hydrogen-bond donors (Lipinski definition) is 1. The van der Waals surface area contributed by atoms with Crippen molar-refractivity contribution in [2.24, 2.45) is 17.8 Å². The summed E-state index contributed by atoms with van der Waals surface area (Å²) in [4.78, 5) is 14.6. The van der Waals surface area contributed by atoms with Gasteiger partial charge in [0.2, 0.25) is 5.91 Å². The van der Waals surface area contributed by atoms with Crippen molar-refractivity contribution < 1.29 is 4.79 Å². The highest BCUT2D eigenvalue weighted by molar-refractivity contribution is 5.81. The molecule has 1 heterocycles. The van der Waals surface area contributed by atoms with Gasteiger partial charge >= 0.3 is 0 Å². The van der Waals surface area contributed by atoms with Crippen LogP contribution in [0, 0.1) is 17.8 Å². The van der Waals surface area contributed by atoms with Crippen molar-refractivity contribution in [1.29, 1.82) is 0 Å². The lowest BCUT2D eigenvalue weighted by Gasteiger charge is -2.38. The smallest absolute Gasteiger partial charge is 0.238 e. The number of hydrogen-bond acceptors (Lipinski definition) is 2. The minimum Gasteiger partial charge on any atom is -0.322 e. The summed E-state index contributed by atoms with van der Waals surface area (Å²) in [7, 11) is 0. The van der Waals surface area contributed by atoms with Crippen LogP contribution in [0.5, 0.6) is 0 Å². The molecule has 3 heteroatoms. The van der Waals surface area contributed by atoms with E-state index in [-0.39, 0.29) is 0 Å². The van der Waals surface area contributed by atoms with Gasteiger partial charge in [0.15, 0.2) is 0 Å². The predicted octanol–water partition coefficient (Wildman–Crippen LogP) is 2.12. The van der Waals surface area contributed by atoms with Crippen molar-refractivity contribution in [1.82, 2.24) is 10.2 Å². The third kappa shape index (κ3) is 1.63. The Balaban J connectivity index is 1.54. The second-order valence-electron chi connectivity index (χ2n) is 6.91. The van der Waals surface area contributed by atoms with Crippen LogP contribution in [0.1, 0.15) is 51.4 Å². The van der Waals surface area contributed by atoms with Gasteiger partial charge < -0.3 is 4.90 Å². The van der Waals surface area contributed by atoms with Gasteiger partial charge in [0, 0.05) is 6.04 Å². The van der Waals surface area contributed by atoms with Crippen molar-refractivity contribution in [3.63, 3.8) is 0 Å². The van der Waals surface area contributed by atoms with Crippen LogP contribution in [0.4, 0.5) is 0 Å². The van der Waals surface area contributed by atoms with Crippen molar-refractivity contribution in [2.45, 2.75) is 63.6 Å². The molecule has 4 fully saturated rings. The Labute approximate surface area is 109 Å². The molecule has 4 unspecified atom stereocenters. The molecule has 0 aromatic heterocycles. The van der Waals surface area contributed by atoms with Gasteiger partial charge in [-0.05, 0) is 49.9 Å². The van der Waals surface area contributed by atoms with E-state index in [2.05, 4.69) is 10.2 Å². The maximum atomic E-state index is 12.3. The monoisotopic (exact) mass is 248 g/mol. The number of carbonyl (C=O) groups excluding carboxylic acids is 1. The molecule has 1 aliphatic heterocycles. The Morgan fingerprint density at radius 3 is 2.50 bits per heavy atom. The summed E-state index contributed by atoms with van der Waals surface area (Å²) in [5.74, 6) is 2.86. The van der Waals surface area contributed by atoms with E-state index in [0.717, 1.165) is 17.8 Å². The lowest BCUT2D eigenvalue weighted by molar-refractivity contribution is -0.132. The van der Waals surface area contributed by atoms with Crippen molar-refractivity contribution in [3.05, 3.63) is 0 Å². The fraction of sp³-hybridized carbons (Fsp3) is 0.933. The van der Waals surface area contributed by atoms with Gasteiger partial charge in [-0.2, -0.15) is 0 Å². The molecule has 3 saturated carbocycles. The van der Waals surface area contributed by atoms with E-state index in [1.54, 1.807) is 0 Å². The molecule has 1 saturated heterocycles. The average Bonchev–Trinajstić information content (AvgIpc) is 3.12. The Morgan fingerprint density at radius 1 is 1.00 bits per heavy atom. The topological polar surface area (TPSA) is 32.3 Å². The zero-order valence-corrected chi connectivity index (χ0v) is 11.1. The van der Waals surface area contributed by atoms with E-state index in [9.17, 15) is 4.79 Å². The third-order valence-corrected chi connectivity index (χ3v) is 5.95. The van der Waals surface area contributed by atoms with Gasteiger partial charge in [-0.1, -0.05) is 19.3 Å². The lowest BCUT2D eigenvalue weighted by Crippen LogP contribution is -2.49. The van der Waals surface area contributed by atoms with Gasteiger partial charge in [-0.3, -0.25) is 10.1 Å². The fourth-order valence-electron chi connectivity index (χ4n) is 5.15. The molecule has 0 spiro atoms. The van der Waals surface area contributed by atoms with Gasteiger partial charge in [0.25, 0.3) is 0 Å². The number of fused-ring (bicyclic) bond motifs is 2. The molecule has 0 radical (unpaired) electrons. The largest absolute Gasteiger partial charge is 0.322 e. The SMILES string of the molecule is O=C1CNC(C2CCCC2)N1C1CC2CCC1C2. The fourth-order valence-corrected chi connectivity index (χ4v) is 5.15. The Hall–Kier alpha value is -0.570. The highest BCUT2D eigenvalue weighted by atomic mass is 16.2. The maximum Gasteiger partial charge on any atom is 0.238 e. The van der Waals surface area contributed by atoms with E-state index in [4.69, 9.17) is 0 Å². The minimum absolute atomic E-state index is 0.379.